The van der Waals surface area contributed by atoms with Crippen molar-refractivity contribution >= 4 is 0 Å². The Labute approximate surface area is 79.5 Å². The van der Waals surface area contributed by atoms with Crippen LogP contribution < -0.4 is 0 Å². The summed E-state index contributed by atoms with van der Waals surface area (Å²) >= 11 is 0. The van der Waals surface area contributed by atoms with Gasteiger partial charge in [-0.05, 0) is 16.5 Å². The number of epoxide rings is 1. The largest absolute Gasteiger partial charge is 0.368 e. The third kappa shape index (κ3) is 1.25. The molecule has 2 aromatic heterocycles. The molecule has 1 fully saturated rings. The van der Waals surface area contributed by atoms with Crippen LogP contribution in [0.15, 0.2) is 24.8 Å². The molecule has 6 nitrogen and oxygen atoms in total. The summed E-state index contributed by atoms with van der Waals surface area (Å²) in [5.41, 5.74) is 1.92. The highest BCUT2D eigenvalue weighted by atomic mass is 16.6. The number of ether oxygens (including phenoxy) is 1. The minimum Gasteiger partial charge on any atom is -0.368 e. The van der Waals surface area contributed by atoms with Crippen molar-refractivity contribution in [3.05, 3.63) is 30.4 Å². The summed E-state index contributed by atoms with van der Waals surface area (Å²) in [6.07, 6.45) is 5.25. The molecule has 1 saturated heterocycles. The Bertz CT molecular complexity index is 437. The Morgan fingerprint density at radius 1 is 1.43 bits per heavy atom. The first kappa shape index (κ1) is 7.57. The lowest BCUT2D eigenvalue weighted by molar-refractivity contribution is 0.415. The van der Waals surface area contributed by atoms with Crippen molar-refractivity contribution in [2.75, 3.05) is 6.61 Å². The number of aromatic nitrogens is 5. The molecule has 1 aliphatic rings. The number of rotatable bonds is 2. The monoisotopic (exact) mass is 189 g/mol. The van der Waals surface area contributed by atoms with Gasteiger partial charge in [0.1, 0.15) is 12.4 Å². The molecule has 1 aliphatic heterocycles. The van der Waals surface area contributed by atoms with E-state index in [4.69, 9.17) is 4.74 Å². The minimum atomic E-state index is 0.207. The SMILES string of the molecule is c1ncc(-n2cnnn2)cc1[C@@H]1CO1. The molecule has 70 valence electrons. The number of tetrazole rings is 1. The normalized spacial score (nSPS) is 19.6. The first-order valence-corrected chi connectivity index (χ1v) is 4.23. The quantitative estimate of drug-likeness (QED) is 0.628. The number of hydrogen-bond acceptors (Lipinski definition) is 5. The molecule has 0 bridgehead atoms. The van der Waals surface area contributed by atoms with Gasteiger partial charge in [-0.25, -0.2) is 0 Å². The summed E-state index contributed by atoms with van der Waals surface area (Å²) in [6, 6.07) is 1.97. The van der Waals surface area contributed by atoms with E-state index in [2.05, 4.69) is 20.5 Å². The molecule has 0 spiro atoms. The summed E-state index contributed by atoms with van der Waals surface area (Å²) in [4.78, 5) is 4.11. The minimum absolute atomic E-state index is 0.207. The van der Waals surface area contributed by atoms with Gasteiger partial charge in [-0.1, -0.05) is 0 Å². The number of hydrogen-bond donors (Lipinski definition) is 0. The number of nitrogens with zero attached hydrogens (tertiary/aromatic N) is 5. The topological polar surface area (TPSA) is 69.0 Å². The van der Waals surface area contributed by atoms with Gasteiger partial charge in [-0.2, -0.15) is 4.68 Å². The molecule has 2 aromatic rings. The van der Waals surface area contributed by atoms with Crippen molar-refractivity contribution in [2.45, 2.75) is 6.10 Å². The Morgan fingerprint density at radius 3 is 3.07 bits per heavy atom. The zero-order valence-electron chi connectivity index (χ0n) is 7.24. The van der Waals surface area contributed by atoms with E-state index in [-0.39, 0.29) is 6.10 Å². The first-order valence-electron chi connectivity index (χ1n) is 4.23. The molecule has 0 unspecified atom stereocenters. The fraction of sp³-hybridized carbons (Fsp3) is 0.250. The average molecular weight is 189 g/mol. The molecule has 0 amide bonds. The van der Waals surface area contributed by atoms with E-state index >= 15 is 0 Å². The van der Waals surface area contributed by atoms with Crippen LogP contribution in [-0.4, -0.2) is 31.8 Å². The lowest BCUT2D eigenvalue weighted by atomic mass is 10.2. The van der Waals surface area contributed by atoms with Crippen LogP contribution in [0.3, 0.4) is 0 Å². The smallest absolute Gasteiger partial charge is 0.143 e. The van der Waals surface area contributed by atoms with E-state index in [1.165, 1.54) is 6.33 Å². The molecule has 3 rings (SSSR count). The van der Waals surface area contributed by atoms with E-state index in [1.807, 2.05) is 6.07 Å². The van der Waals surface area contributed by atoms with Gasteiger partial charge in [0.25, 0.3) is 0 Å². The van der Waals surface area contributed by atoms with Gasteiger partial charge in [0.15, 0.2) is 0 Å². The molecule has 0 radical (unpaired) electrons. The summed E-state index contributed by atoms with van der Waals surface area (Å²) < 4.78 is 6.73. The second kappa shape index (κ2) is 2.85. The number of pyridine rings is 1. The Morgan fingerprint density at radius 2 is 2.36 bits per heavy atom. The molecular weight excluding hydrogens is 182 g/mol. The highest BCUT2D eigenvalue weighted by molar-refractivity contribution is 5.32. The van der Waals surface area contributed by atoms with Crippen molar-refractivity contribution in [2.24, 2.45) is 0 Å². The molecule has 6 heteroatoms. The Balaban J connectivity index is 2.02. The van der Waals surface area contributed by atoms with Crippen molar-refractivity contribution < 1.29 is 4.74 Å². The fourth-order valence-corrected chi connectivity index (χ4v) is 1.27. The van der Waals surface area contributed by atoms with E-state index in [0.29, 0.717) is 0 Å². The maximum absolute atomic E-state index is 5.17. The van der Waals surface area contributed by atoms with E-state index in [1.54, 1.807) is 17.1 Å². The van der Waals surface area contributed by atoms with E-state index in [9.17, 15) is 0 Å². The molecular formula is C8H7N5O. The van der Waals surface area contributed by atoms with Crippen LogP contribution in [0.2, 0.25) is 0 Å². The van der Waals surface area contributed by atoms with Crippen LogP contribution >= 0.6 is 0 Å². The molecule has 14 heavy (non-hydrogen) atoms. The molecule has 3 heterocycles. The molecule has 0 aliphatic carbocycles. The Hall–Kier alpha value is -1.82. The average Bonchev–Trinajstić information content (AvgIpc) is 2.94. The van der Waals surface area contributed by atoms with E-state index < -0.39 is 0 Å². The van der Waals surface area contributed by atoms with Crippen LogP contribution in [0, 0.1) is 0 Å². The zero-order chi connectivity index (χ0) is 9.38. The molecule has 0 saturated carbocycles. The predicted octanol–water partition coefficient (Wildman–Crippen LogP) is 0.129. The second-order valence-corrected chi connectivity index (χ2v) is 3.05. The maximum atomic E-state index is 5.17. The van der Waals surface area contributed by atoms with Crippen molar-refractivity contribution in [1.82, 2.24) is 25.2 Å². The fourth-order valence-electron chi connectivity index (χ4n) is 1.27. The van der Waals surface area contributed by atoms with Crippen molar-refractivity contribution in [3.8, 4) is 5.69 Å². The third-order valence-electron chi connectivity index (χ3n) is 2.06. The predicted molar refractivity (Wildman–Crippen MR) is 45.6 cm³/mol. The van der Waals surface area contributed by atoms with Crippen LogP contribution in [0.1, 0.15) is 11.7 Å². The zero-order valence-corrected chi connectivity index (χ0v) is 7.24. The summed E-state index contributed by atoms with van der Waals surface area (Å²) in [6.45, 7) is 0.779. The van der Waals surface area contributed by atoms with Crippen LogP contribution in [0.5, 0.6) is 0 Å². The lowest BCUT2D eigenvalue weighted by Gasteiger charge is -1.99. The van der Waals surface area contributed by atoms with E-state index in [0.717, 1.165) is 17.9 Å². The van der Waals surface area contributed by atoms with Gasteiger partial charge in [-0.3, -0.25) is 4.98 Å². The first-order chi connectivity index (χ1) is 6.93. The van der Waals surface area contributed by atoms with Gasteiger partial charge in [0.05, 0.1) is 18.5 Å². The van der Waals surface area contributed by atoms with Crippen LogP contribution in [0.25, 0.3) is 5.69 Å². The summed E-state index contributed by atoms with van der Waals surface area (Å²) in [5.74, 6) is 0. The summed E-state index contributed by atoms with van der Waals surface area (Å²) in [5, 5.41) is 10.9. The van der Waals surface area contributed by atoms with Gasteiger partial charge in [0, 0.05) is 11.8 Å². The van der Waals surface area contributed by atoms with Crippen LogP contribution in [-0.2, 0) is 4.74 Å². The van der Waals surface area contributed by atoms with Crippen molar-refractivity contribution in [3.63, 3.8) is 0 Å². The Kier molecular flexibility index (Phi) is 1.54. The molecule has 0 N–H and O–H groups in total. The maximum Gasteiger partial charge on any atom is 0.143 e. The van der Waals surface area contributed by atoms with Crippen molar-refractivity contribution in [1.29, 1.82) is 0 Å². The van der Waals surface area contributed by atoms with Crippen LogP contribution in [0.4, 0.5) is 0 Å². The summed E-state index contributed by atoms with van der Waals surface area (Å²) in [7, 11) is 0. The molecule has 0 aromatic carbocycles. The van der Waals surface area contributed by atoms with Gasteiger partial charge >= 0.3 is 0 Å². The lowest BCUT2D eigenvalue weighted by Crippen LogP contribution is -1.97. The third-order valence-corrected chi connectivity index (χ3v) is 2.06. The van der Waals surface area contributed by atoms with Gasteiger partial charge in [-0.15, -0.1) is 5.10 Å². The second-order valence-electron chi connectivity index (χ2n) is 3.05. The van der Waals surface area contributed by atoms with Gasteiger partial charge in [0.2, 0.25) is 0 Å². The highest BCUT2D eigenvalue weighted by Crippen LogP contribution is 2.29. The standard InChI is InChI=1S/C8H7N5O/c1-6(8-4-14-8)2-9-3-7(1)13-5-10-11-12-13/h1-3,5,8H,4H2/t8-/m0/s1. The molecule has 1 atom stereocenters. The highest BCUT2D eigenvalue weighted by Gasteiger charge is 2.25. The van der Waals surface area contributed by atoms with Gasteiger partial charge < -0.3 is 4.74 Å².